The Labute approximate surface area is 85.8 Å². The van der Waals surface area contributed by atoms with E-state index >= 15 is 0 Å². The molecule has 0 unspecified atom stereocenters. The van der Waals surface area contributed by atoms with Crippen LogP contribution < -0.4 is 0 Å². The van der Waals surface area contributed by atoms with Crippen molar-refractivity contribution >= 4 is 11.6 Å². The van der Waals surface area contributed by atoms with Crippen LogP contribution in [0.15, 0.2) is 10.2 Å². The number of nitrogens with zero attached hydrogens (tertiary/aromatic N) is 2. The molecule has 0 N–H and O–H groups in total. The Morgan fingerprint density at radius 3 is 2.15 bits per heavy atom. The van der Waals surface area contributed by atoms with Gasteiger partial charge >= 0.3 is 0 Å². The molecule has 0 atom stereocenters. The van der Waals surface area contributed by atoms with E-state index in [4.69, 9.17) is 11.6 Å². The van der Waals surface area contributed by atoms with E-state index in [-0.39, 0.29) is 0 Å². The van der Waals surface area contributed by atoms with Crippen molar-refractivity contribution in [1.29, 1.82) is 0 Å². The van der Waals surface area contributed by atoms with Crippen LogP contribution in [0, 0.1) is 5.92 Å². The van der Waals surface area contributed by atoms with Crippen molar-refractivity contribution in [2.75, 3.05) is 0 Å². The van der Waals surface area contributed by atoms with Gasteiger partial charge in [0.1, 0.15) is 5.00 Å². The van der Waals surface area contributed by atoms with E-state index in [9.17, 15) is 0 Å². The van der Waals surface area contributed by atoms with Crippen LogP contribution in [0.3, 0.4) is 0 Å². The Kier molecular flexibility index (Phi) is 3.72. The molecule has 0 spiro atoms. The van der Waals surface area contributed by atoms with Crippen molar-refractivity contribution in [1.82, 2.24) is 0 Å². The van der Waals surface area contributed by atoms with Gasteiger partial charge in [0.25, 0.3) is 0 Å². The third-order valence-corrected chi connectivity index (χ3v) is 2.52. The van der Waals surface area contributed by atoms with Crippen LogP contribution in [0.4, 0.5) is 0 Å². The molecule has 0 amide bonds. The van der Waals surface area contributed by atoms with Gasteiger partial charge in [-0.25, -0.2) is 0 Å². The fourth-order valence-corrected chi connectivity index (χ4v) is 1.62. The SMILES string of the molecule is CC1CCC(N=NC(C)(C)Cl)CC1. The van der Waals surface area contributed by atoms with Gasteiger partial charge in [0.15, 0.2) is 0 Å². The van der Waals surface area contributed by atoms with Crippen LogP contribution in [0.25, 0.3) is 0 Å². The number of rotatable bonds is 2. The van der Waals surface area contributed by atoms with Gasteiger partial charge in [-0.05, 0) is 45.4 Å². The molecule has 13 heavy (non-hydrogen) atoms. The second-order valence-corrected chi connectivity index (χ2v) is 5.46. The molecule has 0 saturated heterocycles. The van der Waals surface area contributed by atoms with E-state index in [2.05, 4.69) is 17.2 Å². The second kappa shape index (κ2) is 4.41. The number of alkyl halides is 1. The molecule has 3 heteroatoms. The summed E-state index contributed by atoms with van der Waals surface area (Å²) in [5.41, 5.74) is 0. The van der Waals surface area contributed by atoms with Gasteiger partial charge in [0.2, 0.25) is 0 Å². The summed E-state index contributed by atoms with van der Waals surface area (Å²) in [7, 11) is 0. The van der Waals surface area contributed by atoms with E-state index in [1.165, 1.54) is 25.7 Å². The fourth-order valence-electron chi connectivity index (χ4n) is 1.58. The summed E-state index contributed by atoms with van der Waals surface area (Å²) < 4.78 is 0. The summed E-state index contributed by atoms with van der Waals surface area (Å²) in [6, 6.07) is 0.425. The van der Waals surface area contributed by atoms with Crippen LogP contribution in [0.1, 0.15) is 46.5 Å². The summed E-state index contributed by atoms with van der Waals surface area (Å²) in [4.78, 5) is -0.525. The highest BCUT2D eigenvalue weighted by Crippen LogP contribution is 2.26. The predicted molar refractivity (Wildman–Crippen MR) is 56.2 cm³/mol. The first-order chi connectivity index (χ1) is 5.97. The van der Waals surface area contributed by atoms with Gasteiger partial charge in [-0.2, -0.15) is 10.2 Å². The maximum absolute atomic E-state index is 5.92. The van der Waals surface area contributed by atoms with Crippen molar-refractivity contribution in [2.45, 2.75) is 57.5 Å². The van der Waals surface area contributed by atoms with E-state index in [1.54, 1.807) is 0 Å². The van der Waals surface area contributed by atoms with Crippen LogP contribution in [-0.2, 0) is 0 Å². The molecule has 0 radical (unpaired) electrons. The Morgan fingerprint density at radius 2 is 1.69 bits per heavy atom. The fraction of sp³-hybridized carbons (Fsp3) is 1.00. The van der Waals surface area contributed by atoms with Gasteiger partial charge < -0.3 is 0 Å². The molecule has 0 aromatic heterocycles. The molecule has 76 valence electrons. The highest BCUT2D eigenvalue weighted by molar-refractivity contribution is 6.23. The first-order valence-corrected chi connectivity index (χ1v) is 5.46. The smallest absolute Gasteiger partial charge is 0.149 e. The molecule has 0 heterocycles. The lowest BCUT2D eigenvalue weighted by molar-refractivity contribution is 0.338. The minimum Gasteiger partial charge on any atom is -0.189 e. The van der Waals surface area contributed by atoms with Crippen molar-refractivity contribution in [3.8, 4) is 0 Å². The van der Waals surface area contributed by atoms with Gasteiger partial charge in [-0.1, -0.05) is 18.5 Å². The number of hydrogen-bond acceptors (Lipinski definition) is 2. The number of hydrogen-bond donors (Lipinski definition) is 0. The van der Waals surface area contributed by atoms with Crippen molar-refractivity contribution in [3.05, 3.63) is 0 Å². The summed E-state index contributed by atoms with van der Waals surface area (Å²) in [6.45, 7) is 6.03. The summed E-state index contributed by atoms with van der Waals surface area (Å²) in [6.07, 6.45) is 4.92. The zero-order valence-corrected chi connectivity index (χ0v) is 9.51. The van der Waals surface area contributed by atoms with E-state index in [0.717, 1.165) is 5.92 Å². The molecular formula is C10H19ClN2. The molecule has 1 saturated carbocycles. The van der Waals surface area contributed by atoms with Crippen LogP contribution in [-0.4, -0.2) is 11.0 Å². The minimum atomic E-state index is -0.525. The molecule has 1 rings (SSSR count). The van der Waals surface area contributed by atoms with Crippen LogP contribution in [0.2, 0.25) is 0 Å². The Bertz CT molecular complexity index is 176. The Balaban J connectivity index is 2.34. The lowest BCUT2D eigenvalue weighted by Gasteiger charge is -2.22. The second-order valence-electron chi connectivity index (χ2n) is 4.54. The van der Waals surface area contributed by atoms with Crippen LogP contribution >= 0.6 is 11.6 Å². The molecular weight excluding hydrogens is 184 g/mol. The molecule has 0 aromatic carbocycles. The zero-order valence-electron chi connectivity index (χ0n) is 8.76. The topological polar surface area (TPSA) is 24.7 Å². The average molecular weight is 203 g/mol. The van der Waals surface area contributed by atoms with Gasteiger partial charge in [-0.3, -0.25) is 0 Å². The monoisotopic (exact) mass is 202 g/mol. The molecule has 1 aliphatic rings. The Morgan fingerprint density at radius 1 is 1.15 bits per heavy atom. The highest BCUT2D eigenvalue weighted by Gasteiger charge is 2.18. The van der Waals surface area contributed by atoms with Gasteiger partial charge in [0.05, 0.1) is 6.04 Å². The van der Waals surface area contributed by atoms with Crippen molar-refractivity contribution in [2.24, 2.45) is 16.1 Å². The number of halogens is 1. The minimum absolute atomic E-state index is 0.425. The first kappa shape index (κ1) is 11.0. The summed E-state index contributed by atoms with van der Waals surface area (Å²) in [5, 5.41) is 8.38. The van der Waals surface area contributed by atoms with Crippen LogP contribution in [0.5, 0.6) is 0 Å². The maximum atomic E-state index is 5.92. The molecule has 0 bridgehead atoms. The third-order valence-electron chi connectivity index (χ3n) is 2.44. The lowest BCUT2D eigenvalue weighted by Crippen LogP contribution is -2.16. The quantitative estimate of drug-likeness (QED) is 0.368. The first-order valence-electron chi connectivity index (χ1n) is 5.08. The van der Waals surface area contributed by atoms with Gasteiger partial charge in [0, 0.05) is 0 Å². The molecule has 0 aromatic rings. The summed E-state index contributed by atoms with van der Waals surface area (Å²) >= 11 is 5.92. The maximum Gasteiger partial charge on any atom is 0.149 e. The standard InChI is InChI=1S/C10H19ClN2/c1-8-4-6-9(7-5-8)12-13-10(2,3)11/h8-9H,4-7H2,1-3H3. The third kappa shape index (κ3) is 4.61. The van der Waals surface area contributed by atoms with Crippen molar-refractivity contribution < 1.29 is 0 Å². The molecule has 1 aliphatic carbocycles. The highest BCUT2D eigenvalue weighted by atomic mass is 35.5. The van der Waals surface area contributed by atoms with Crippen molar-refractivity contribution in [3.63, 3.8) is 0 Å². The molecule has 1 fully saturated rings. The van der Waals surface area contributed by atoms with E-state index in [0.29, 0.717) is 6.04 Å². The largest absolute Gasteiger partial charge is 0.189 e. The number of azo groups is 1. The Hall–Kier alpha value is -0.110. The lowest BCUT2D eigenvalue weighted by atomic mass is 9.88. The van der Waals surface area contributed by atoms with Gasteiger partial charge in [-0.15, -0.1) is 0 Å². The average Bonchev–Trinajstić information content (AvgIpc) is 2.02. The van der Waals surface area contributed by atoms with E-state index < -0.39 is 5.00 Å². The zero-order chi connectivity index (χ0) is 9.90. The predicted octanol–water partition coefficient (Wildman–Crippen LogP) is 3.99. The van der Waals surface area contributed by atoms with E-state index in [1.807, 2.05) is 13.8 Å². The normalized spacial score (nSPS) is 31.1. The molecule has 2 nitrogen and oxygen atoms in total. The molecule has 0 aliphatic heterocycles. The summed E-state index contributed by atoms with van der Waals surface area (Å²) in [5.74, 6) is 0.871.